The highest BCUT2D eigenvalue weighted by molar-refractivity contribution is 7.91. The van der Waals surface area contributed by atoms with Crippen molar-refractivity contribution in [3.63, 3.8) is 0 Å². The standard InChI is InChI=1S/C9H15NO3S2/c1-4-10(5-2)15(11,12)9-8(13-3)6-7-14-9/h6-7H,4-5H2,1-3H3. The second-order valence-electron chi connectivity index (χ2n) is 2.87. The highest BCUT2D eigenvalue weighted by Gasteiger charge is 2.26. The van der Waals surface area contributed by atoms with Crippen LogP contribution < -0.4 is 4.74 Å². The van der Waals surface area contributed by atoms with E-state index in [4.69, 9.17) is 4.74 Å². The zero-order chi connectivity index (χ0) is 11.5. The van der Waals surface area contributed by atoms with Crippen molar-refractivity contribution < 1.29 is 13.2 Å². The average molecular weight is 249 g/mol. The van der Waals surface area contributed by atoms with E-state index in [1.807, 2.05) is 13.8 Å². The lowest BCUT2D eigenvalue weighted by Crippen LogP contribution is -2.30. The fourth-order valence-electron chi connectivity index (χ4n) is 1.30. The third kappa shape index (κ3) is 2.32. The van der Waals surface area contributed by atoms with Gasteiger partial charge in [0, 0.05) is 13.1 Å². The lowest BCUT2D eigenvalue weighted by molar-refractivity contribution is 0.400. The summed E-state index contributed by atoms with van der Waals surface area (Å²) in [5, 5.41) is 1.72. The molecule has 0 aliphatic heterocycles. The Balaban J connectivity index is 3.16. The van der Waals surface area contributed by atoms with Gasteiger partial charge in [0.05, 0.1) is 7.11 Å². The van der Waals surface area contributed by atoms with Crippen LogP contribution in [0.15, 0.2) is 15.7 Å². The Morgan fingerprint density at radius 1 is 1.40 bits per heavy atom. The van der Waals surface area contributed by atoms with E-state index in [9.17, 15) is 8.42 Å². The van der Waals surface area contributed by atoms with E-state index in [-0.39, 0.29) is 4.21 Å². The third-order valence-corrected chi connectivity index (χ3v) is 5.57. The molecular formula is C9H15NO3S2. The molecule has 1 aromatic rings. The molecule has 0 aliphatic carbocycles. The van der Waals surface area contributed by atoms with Gasteiger partial charge in [-0.2, -0.15) is 4.31 Å². The summed E-state index contributed by atoms with van der Waals surface area (Å²) in [5.41, 5.74) is 0. The van der Waals surface area contributed by atoms with Gasteiger partial charge in [0.15, 0.2) is 4.21 Å². The van der Waals surface area contributed by atoms with Gasteiger partial charge in [-0.05, 0) is 11.4 Å². The molecule has 0 unspecified atom stereocenters. The summed E-state index contributed by atoms with van der Waals surface area (Å²) in [6, 6.07) is 1.67. The topological polar surface area (TPSA) is 46.6 Å². The van der Waals surface area contributed by atoms with E-state index in [0.29, 0.717) is 18.8 Å². The number of rotatable bonds is 5. The van der Waals surface area contributed by atoms with Gasteiger partial charge in [0.1, 0.15) is 5.75 Å². The first kappa shape index (κ1) is 12.5. The number of methoxy groups -OCH3 is 1. The van der Waals surface area contributed by atoms with Crippen LogP contribution in [0.5, 0.6) is 5.75 Å². The number of ether oxygens (including phenoxy) is 1. The van der Waals surface area contributed by atoms with Gasteiger partial charge >= 0.3 is 0 Å². The highest BCUT2D eigenvalue weighted by atomic mass is 32.2. The van der Waals surface area contributed by atoms with E-state index >= 15 is 0 Å². The van der Waals surface area contributed by atoms with Crippen LogP contribution in [-0.4, -0.2) is 32.9 Å². The minimum Gasteiger partial charge on any atom is -0.494 e. The summed E-state index contributed by atoms with van der Waals surface area (Å²) in [5.74, 6) is 0.423. The lowest BCUT2D eigenvalue weighted by atomic mass is 10.6. The first-order valence-electron chi connectivity index (χ1n) is 4.69. The van der Waals surface area contributed by atoms with Crippen LogP contribution >= 0.6 is 11.3 Å². The van der Waals surface area contributed by atoms with Gasteiger partial charge in [-0.3, -0.25) is 0 Å². The fourth-order valence-corrected chi connectivity index (χ4v) is 4.18. The molecule has 0 radical (unpaired) electrons. The Hall–Kier alpha value is -0.590. The summed E-state index contributed by atoms with van der Waals surface area (Å²) in [7, 11) is -1.90. The van der Waals surface area contributed by atoms with Crippen LogP contribution in [0.2, 0.25) is 0 Å². The van der Waals surface area contributed by atoms with E-state index in [2.05, 4.69) is 0 Å². The first-order chi connectivity index (χ1) is 7.07. The van der Waals surface area contributed by atoms with Crippen LogP contribution in [0, 0.1) is 0 Å². The van der Waals surface area contributed by atoms with Crippen molar-refractivity contribution >= 4 is 21.4 Å². The van der Waals surface area contributed by atoms with E-state index in [1.54, 1.807) is 11.4 Å². The van der Waals surface area contributed by atoms with Crippen LogP contribution in [0.3, 0.4) is 0 Å². The van der Waals surface area contributed by atoms with Crippen molar-refractivity contribution in [1.29, 1.82) is 0 Å². The molecule has 0 spiro atoms. The monoisotopic (exact) mass is 249 g/mol. The van der Waals surface area contributed by atoms with Gasteiger partial charge in [0.25, 0.3) is 10.0 Å². The average Bonchev–Trinajstić information content (AvgIpc) is 2.67. The van der Waals surface area contributed by atoms with E-state index < -0.39 is 10.0 Å². The molecule has 86 valence electrons. The SMILES string of the molecule is CCN(CC)S(=O)(=O)c1sccc1OC. The van der Waals surface area contributed by atoms with Gasteiger partial charge in [-0.1, -0.05) is 13.8 Å². The maximum absolute atomic E-state index is 12.1. The molecule has 1 aromatic heterocycles. The van der Waals surface area contributed by atoms with Crippen LogP contribution in [0.25, 0.3) is 0 Å². The predicted molar refractivity (Wildman–Crippen MR) is 61.0 cm³/mol. The molecule has 0 aromatic carbocycles. The van der Waals surface area contributed by atoms with Gasteiger partial charge < -0.3 is 4.74 Å². The second-order valence-corrected chi connectivity index (χ2v) is 5.92. The quantitative estimate of drug-likeness (QED) is 0.799. The highest BCUT2D eigenvalue weighted by Crippen LogP contribution is 2.31. The van der Waals surface area contributed by atoms with Crippen molar-refractivity contribution in [1.82, 2.24) is 4.31 Å². The maximum Gasteiger partial charge on any atom is 0.256 e. The number of nitrogens with zero attached hydrogens (tertiary/aromatic N) is 1. The zero-order valence-corrected chi connectivity index (χ0v) is 10.7. The van der Waals surface area contributed by atoms with Gasteiger partial charge in [0.2, 0.25) is 0 Å². The molecular weight excluding hydrogens is 234 g/mol. The zero-order valence-electron chi connectivity index (χ0n) is 9.06. The molecule has 4 nitrogen and oxygen atoms in total. The number of sulfonamides is 1. The molecule has 15 heavy (non-hydrogen) atoms. The predicted octanol–water partition coefficient (Wildman–Crippen LogP) is 1.79. The molecule has 6 heteroatoms. The summed E-state index contributed by atoms with van der Waals surface area (Å²) in [6.45, 7) is 4.59. The smallest absolute Gasteiger partial charge is 0.256 e. The van der Waals surface area contributed by atoms with Crippen LogP contribution in [0.4, 0.5) is 0 Å². The summed E-state index contributed by atoms with van der Waals surface area (Å²) in [4.78, 5) is 0. The Morgan fingerprint density at radius 3 is 2.47 bits per heavy atom. The van der Waals surface area contributed by atoms with Gasteiger partial charge in [-0.25, -0.2) is 8.42 Å². The molecule has 0 fully saturated rings. The molecule has 0 atom stereocenters. The Labute approximate surface area is 94.5 Å². The molecule has 0 saturated heterocycles. The number of hydrogen-bond donors (Lipinski definition) is 0. The molecule has 0 N–H and O–H groups in total. The van der Waals surface area contributed by atoms with E-state index in [0.717, 1.165) is 0 Å². The van der Waals surface area contributed by atoms with Crippen molar-refractivity contribution in [2.45, 2.75) is 18.1 Å². The number of hydrogen-bond acceptors (Lipinski definition) is 4. The number of thiophene rings is 1. The minimum atomic E-state index is -3.37. The van der Waals surface area contributed by atoms with E-state index in [1.165, 1.54) is 22.8 Å². The second kappa shape index (κ2) is 4.96. The van der Waals surface area contributed by atoms with Crippen molar-refractivity contribution in [2.75, 3.05) is 20.2 Å². The molecule has 0 saturated carbocycles. The van der Waals surface area contributed by atoms with Gasteiger partial charge in [-0.15, -0.1) is 11.3 Å². The first-order valence-corrected chi connectivity index (χ1v) is 7.01. The largest absolute Gasteiger partial charge is 0.494 e. The van der Waals surface area contributed by atoms with Crippen molar-refractivity contribution in [3.8, 4) is 5.75 Å². The fraction of sp³-hybridized carbons (Fsp3) is 0.556. The summed E-state index contributed by atoms with van der Waals surface area (Å²) in [6.07, 6.45) is 0. The molecule has 0 bridgehead atoms. The summed E-state index contributed by atoms with van der Waals surface area (Å²) < 4.78 is 30.9. The lowest BCUT2D eigenvalue weighted by Gasteiger charge is -2.17. The van der Waals surface area contributed by atoms with Crippen molar-refractivity contribution in [3.05, 3.63) is 11.4 Å². The third-order valence-electron chi connectivity index (χ3n) is 2.10. The van der Waals surface area contributed by atoms with Crippen LogP contribution in [-0.2, 0) is 10.0 Å². The Morgan fingerprint density at radius 2 is 2.00 bits per heavy atom. The minimum absolute atomic E-state index is 0.286. The van der Waals surface area contributed by atoms with Crippen molar-refractivity contribution in [2.24, 2.45) is 0 Å². The molecule has 0 amide bonds. The Bertz CT molecular complexity index is 407. The molecule has 0 aliphatic rings. The maximum atomic E-state index is 12.1. The normalized spacial score (nSPS) is 12.0. The Kier molecular flexibility index (Phi) is 4.12. The molecule has 1 heterocycles. The molecule has 1 rings (SSSR count). The summed E-state index contributed by atoms with van der Waals surface area (Å²) >= 11 is 1.19. The van der Waals surface area contributed by atoms with Crippen LogP contribution in [0.1, 0.15) is 13.8 Å².